The van der Waals surface area contributed by atoms with Gasteiger partial charge in [-0.15, -0.1) is 11.6 Å². The summed E-state index contributed by atoms with van der Waals surface area (Å²) in [7, 11) is 0. The van der Waals surface area contributed by atoms with Crippen LogP contribution in [0.5, 0.6) is 0 Å². The molecule has 0 aromatic heterocycles. The third-order valence-corrected chi connectivity index (χ3v) is 2.78. The Morgan fingerprint density at radius 1 is 1.12 bits per heavy atom. The molecule has 0 saturated carbocycles. The maximum absolute atomic E-state index is 9.68. The van der Waals surface area contributed by atoms with E-state index in [1.807, 2.05) is 12.1 Å². The Labute approximate surface area is 100 Å². The third-order valence-electron chi connectivity index (χ3n) is 2.47. The number of alkyl halides is 1. The van der Waals surface area contributed by atoms with Crippen LogP contribution >= 0.6 is 11.6 Å². The smallest absolute Gasteiger partial charge is 0.106 e. The summed E-state index contributed by atoms with van der Waals surface area (Å²) in [5.41, 5.74) is 1.76. The molecule has 90 valence electrons. The molecule has 1 aromatic carbocycles. The lowest BCUT2D eigenvalue weighted by Crippen LogP contribution is -2.19. The number of rotatable bonds is 6. The molecule has 1 rings (SSSR count). The van der Waals surface area contributed by atoms with E-state index >= 15 is 0 Å². The maximum atomic E-state index is 9.68. The number of aliphatic hydroxyl groups is 3. The van der Waals surface area contributed by atoms with Crippen molar-refractivity contribution in [3.05, 3.63) is 35.4 Å². The molecule has 3 N–H and O–H groups in total. The molecule has 0 aliphatic rings. The Morgan fingerprint density at radius 3 is 2.25 bits per heavy atom. The summed E-state index contributed by atoms with van der Waals surface area (Å²) in [5.74, 6) is 0.00737. The molecule has 0 amide bonds. The van der Waals surface area contributed by atoms with Gasteiger partial charge in [0.25, 0.3) is 0 Å². The predicted octanol–water partition coefficient (Wildman–Crippen LogP) is 1.24. The SMILES string of the molecule is OCCCc1ccc(C(O)C(O)CCl)cc1. The zero-order valence-electron chi connectivity index (χ0n) is 9.01. The number of aryl methyl sites for hydroxylation is 1. The molecule has 4 heteroatoms. The lowest BCUT2D eigenvalue weighted by Gasteiger charge is -2.15. The van der Waals surface area contributed by atoms with Crippen molar-refractivity contribution < 1.29 is 15.3 Å². The summed E-state index contributed by atoms with van der Waals surface area (Å²) in [5, 5.41) is 27.7. The molecule has 0 heterocycles. The van der Waals surface area contributed by atoms with Gasteiger partial charge in [-0.05, 0) is 24.0 Å². The predicted molar refractivity (Wildman–Crippen MR) is 63.5 cm³/mol. The highest BCUT2D eigenvalue weighted by Crippen LogP contribution is 2.18. The van der Waals surface area contributed by atoms with Crippen molar-refractivity contribution in [2.45, 2.75) is 25.0 Å². The number of hydrogen-bond donors (Lipinski definition) is 3. The molecule has 3 nitrogen and oxygen atoms in total. The van der Waals surface area contributed by atoms with Crippen molar-refractivity contribution in [2.75, 3.05) is 12.5 Å². The van der Waals surface area contributed by atoms with Gasteiger partial charge in [-0.25, -0.2) is 0 Å². The third kappa shape index (κ3) is 3.76. The minimum absolute atomic E-state index is 0.00737. The standard InChI is InChI=1S/C12H17ClO3/c13-8-11(15)12(16)10-5-3-9(4-6-10)2-1-7-14/h3-6,11-12,14-16H,1-2,7-8H2. The second-order valence-corrected chi connectivity index (χ2v) is 4.04. The quantitative estimate of drug-likeness (QED) is 0.660. The summed E-state index contributed by atoms with van der Waals surface area (Å²) in [6, 6.07) is 7.31. The highest BCUT2D eigenvalue weighted by Gasteiger charge is 2.16. The van der Waals surface area contributed by atoms with Crippen LogP contribution in [0, 0.1) is 0 Å². The minimum atomic E-state index is -0.940. The van der Waals surface area contributed by atoms with E-state index in [4.69, 9.17) is 16.7 Å². The van der Waals surface area contributed by atoms with Crippen LogP contribution in [0.3, 0.4) is 0 Å². The van der Waals surface area contributed by atoms with Gasteiger partial charge in [0.1, 0.15) is 6.10 Å². The first-order valence-electron chi connectivity index (χ1n) is 5.31. The van der Waals surface area contributed by atoms with Crippen LogP contribution in [-0.4, -0.2) is 33.9 Å². The van der Waals surface area contributed by atoms with Gasteiger partial charge in [0.2, 0.25) is 0 Å². The van der Waals surface area contributed by atoms with Gasteiger partial charge in [0.15, 0.2) is 0 Å². The van der Waals surface area contributed by atoms with Crippen molar-refractivity contribution in [1.29, 1.82) is 0 Å². The van der Waals surface area contributed by atoms with Gasteiger partial charge in [0.05, 0.1) is 12.0 Å². The molecule has 0 fully saturated rings. The van der Waals surface area contributed by atoms with E-state index in [1.165, 1.54) is 0 Å². The van der Waals surface area contributed by atoms with Crippen molar-refractivity contribution in [2.24, 2.45) is 0 Å². The lowest BCUT2D eigenvalue weighted by atomic mass is 10.0. The Bertz CT molecular complexity index is 300. The number of halogens is 1. The summed E-state index contributed by atoms with van der Waals surface area (Å²) >= 11 is 5.46. The number of aliphatic hydroxyl groups excluding tert-OH is 3. The van der Waals surface area contributed by atoms with Crippen LogP contribution in [0.15, 0.2) is 24.3 Å². The number of benzene rings is 1. The Kier molecular flexibility index (Phi) is 5.77. The Morgan fingerprint density at radius 2 is 1.75 bits per heavy atom. The van der Waals surface area contributed by atoms with Crippen molar-refractivity contribution in [3.8, 4) is 0 Å². The molecule has 2 atom stereocenters. The van der Waals surface area contributed by atoms with Gasteiger partial charge >= 0.3 is 0 Å². The average Bonchev–Trinajstić information content (AvgIpc) is 2.35. The van der Waals surface area contributed by atoms with E-state index in [0.29, 0.717) is 5.56 Å². The van der Waals surface area contributed by atoms with Crippen LogP contribution in [0.25, 0.3) is 0 Å². The monoisotopic (exact) mass is 244 g/mol. The zero-order valence-corrected chi connectivity index (χ0v) is 9.77. The van der Waals surface area contributed by atoms with Gasteiger partial charge in [-0.1, -0.05) is 24.3 Å². The fourth-order valence-corrected chi connectivity index (χ4v) is 1.64. The van der Waals surface area contributed by atoms with Crippen molar-refractivity contribution in [3.63, 3.8) is 0 Å². The average molecular weight is 245 g/mol. The summed E-state index contributed by atoms with van der Waals surface area (Å²) in [6.07, 6.45) is -0.341. The summed E-state index contributed by atoms with van der Waals surface area (Å²) in [6.45, 7) is 0.176. The van der Waals surface area contributed by atoms with Crippen molar-refractivity contribution >= 4 is 11.6 Å². The highest BCUT2D eigenvalue weighted by atomic mass is 35.5. The van der Waals surface area contributed by atoms with E-state index in [0.717, 1.165) is 18.4 Å². The van der Waals surface area contributed by atoms with E-state index in [1.54, 1.807) is 12.1 Å². The van der Waals surface area contributed by atoms with Crippen molar-refractivity contribution in [1.82, 2.24) is 0 Å². The molecule has 16 heavy (non-hydrogen) atoms. The van der Waals surface area contributed by atoms with Crippen LogP contribution in [0.2, 0.25) is 0 Å². The molecule has 0 saturated heterocycles. The summed E-state index contributed by atoms with van der Waals surface area (Å²) in [4.78, 5) is 0. The molecular weight excluding hydrogens is 228 g/mol. The Hall–Kier alpha value is -0.610. The molecule has 1 aromatic rings. The van der Waals surface area contributed by atoms with E-state index < -0.39 is 12.2 Å². The van der Waals surface area contributed by atoms with Crippen LogP contribution in [0.1, 0.15) is 23.7 Å². The molecule has 0 spiro atoms. The normalized spacial score (nSPS) is 14.8. The molecule has 0 aliphatic heterocycles. The van der Waals surface area contributed by atoms with Crippen LogP contribution in [0.4, 0.5) is 0 Å². The number of hydrogen-bond acceptors (Lipinski definition) is 3. The summed E-state index contributed by atoms with van der Waals surface area (Å²) < 4.78 is 0. The second-order valence-electron chi connectivity index (χ2n) is 3.74. The fraction of sp³-hybridized carbons (Fsp3) is 0.500. The first-order chi connectivity index (χ1) is 7.69. The lowest BCUT2D eigenvalue weighted by molar-refractivity contribution is 0.0327. The van der Waals surface area contributed by atoms with Gasteiger partial charge in [-0.2, -0.15) is 0 Å². The van der Waals surface area contributed by atoms with Crippen LogP contribution < -0.4 is 0 Å². The topological polar surface area (TPSA) is 60.7 Å². The second kappa shape index (κ2) is 6.86. The molecule has 2 unspecified atom stereocenters. The molecule has 0 aliphatic carbocycles. The Balaban J connectivity index is 2.63. The highest BCUT2D eigenvalue weighted by molar-refractivity contribution is 6.18. The van der Waals surface area contributed by atoms with Crippen LogP contribution in [-0.2, 0) is 6.42 Å². The van der Waals surface area contributed by atoms with Gasteiger partial charge in [-0.3, -0.25) is 0 Å². The van der Waals surface area contributed by atoms with Gasteiger partial charge < -0.3 is 15.3 Å². The maximum Gasteiger partial charge on any atom is 0.106 e. The molecular formula is C12H17ClO3. The molecule has 0 bridgehead atoms. The van der Waals surface area contributed by atoms with E-state index in [9.17, 15) is 10.2 Å². The zero-order chi connectivity index (χ0) is 12.0. The van der Waals surface area contributed by atoms with Gasteiger partial charge in [0, 0.05) is 6.61 Å². The largest absolute Gasteiger partial charge is 0.396 e. The first kappa shape index (κ1) is 13.5. The van der Waals surface area contributed by atoms with E-state index in [2.05, 4.69) is 0 Å². The first-order valence-corrected chi connectivity index (χ1v) is 5.84. The van der Waals surface area contributed by atoms with E-state index in [-0.39, 0.29) is 12.5 Å². The minimum Gasteiger partial charge on any atom is -0.396 e. The fourth-order valence-electron chi connectivity index (χ4n) is 1.47. The molecule has 0 radical (unpaired) electrons.